The van der Waals surface area contributed by atoms with Gasteiger partial charge in [-0.05, 0) is 37.3 Å². The minimum absolute atomic E-state index is 0.444. The summed E-state index contributed by atoms with van der Waals surface area (Å²) in [7, 11) is 0. The van der Waals surface area contributed by atoms with Crippen molar-refractivity contribution in [2.24, 2.45) is 0 Å². The Morgan fingerprint density at radius 2 is 1.96 bits per heavy atom. The number of anilines is 1. The van der Waals surface area contributed by atoms with Crippen LogP contribution in [0, 0.1) is 0 Å². The van der Waals surface area contributed by atoms with Gasteiger partial charge < -0.3 is 20.2 Å². The second-order valence-corrected chi connectivity index (χ2v) is 5.23. The summed E-state index contributed by atoms with van der Waals surface area (Å²) in [6.07, 6.45) is 0. The van der Waals surface area contributed by atoms with Crippen LogP contribution in [0.25, 0.3) is 22.6 Å². The molecule has 0 aliphatic rings. The lowest BCUT2D eigenvalue weighted by atomic mass is 10.2. The van der Waals surface area contributed by atoms with Crippen molar-refractivity contribution < 1.29 is 19.1 Å². The third kappa shape index (κ3) is 3.35. The lowest BCUT2D eigenvalue weighted by Gasteiger charge is -2.11. The minimum atomic E-state index is -1.11. The van der Waals surface area contributed by atoms with Crippen molar-refractivity contribution >= 4 is 28.8 Å². The van der Waals surface area contributed by atoms with E-state index in [4.69, 9.17) is 9.52 Å². The van der Waals surface area contributed by atoms with Crippen LogP contribution in [0.2, 0.25) is 0 Å². The Morgan fingerprint density at radius 1 is 1.17 bits per heavy atom. The number of carboxylic acids is 1. The molecule has 24 heavy (non-hydrogen) atoms. The fourth-order valence-corrected chi connectivity index (χ4v) is 2.15. The van der Waals surface area contributed by atoms with Crippen LogP contribution in [0.3, 0.4) is 0 Å². The standard InChI is InChI=1S/C17H15N3O4/c1-10(16(21)22)18-17(23)19-12-6-4-5-11(9-12)15-20-13-7-2-3-8-14(13)24-15/h2-10H,1H3,(H,21,22)(H2,18,19,23). The molecule has 1 aromatic heterocycles. The van der Waals surface area contributed by atoms with E-state index in [1.165, 1.54) is 6.92 Å². The number of nitrogens with zero attached hydrogens (tertiary/aromatic N) is 1. The SMILES string of the molecule is CC(NC(=O)Nc1cccc(-c2nc3ccccc3o2)c1)C(=O)O. The van der Waals surface area contributed by atoms with Crippen molar-refractivity contribution in [2.75, 3.05) is 5.32 Å². The molecule has 3 rings (SSSR count). The summed E-state index contributed by atoms with van der Waals surface area (Å²) < 4.78 is 5.69. The number of amides is 2. The molecule has 0 saturated heterocycles. The lowest BCUT2D eigenvalue weighted by Crippen LogP contribution is -2.40. The molecule has 0 saturated carbocycles. The zero-order chi connectivity index (χ0) is 17.1. The van der Waals surface area contributed by atoms with E-state index in [0.717, 1.165) is 5.52 Å². The van der Waals surface area contributed by atoms with Gasteiger partial charge in [-0.15, -0.1) is 0 Å². The molecule has 1 atom stereocenters. The number of fused-ring (bicyclic) bond motifs is 1. The molecule has 0 aliphatic heterocycles. The molecule has 3 aromatic rings. The highest BCUT2D eigenvalue weighted by Gasteiger charge is 2.14. The van der Waals surface area contributed by atoms with Gasteiger partial charge in [-0.3, -0.25) is 4.79 Å². The monoisotopic (exact) mass is 325 g/mol. The lowest BCUT2D eigenvalue weighted by molar-refractivity contribution is -0.138. The number of para-hydroxylation sites is 2. The molecule has 122 valence electrons. The zero-order valence-electron chi connectivity index (χ0n) is 12.8. The predicted octanol–water partition coefficient (Wildman–Crippen LogP) is 3.09. The number of rotatable bonds is 4. The van der Waals surface area contributed by atoms with Crippen LogP contribution < -0.4 is 10.6 Å². The molecular weight excluding hydrogens is 310 g/mol. The Kier molecular flexibility index (Phi) is 4.15. The number of aliphatic carboxylic acids is 1. The van der Waals surface area contributed by atoms with Crippen molar-refractivity contribution in [1.82, 2.24) is 10.3 Å². The summed E-state index contributed by atoms with van der Waals surface area (Å²) in [6.45, 7) is 1.39. The first-order valence-corrected chi connectivity index (χ1v) is 7.29. The summed E-state index contributed by atoms with van der Waals surface area (Å²) in [5, 5.41) is 13.7. The van der Waals surface area contributed by atoms with Crippen LogP contribution in [-0.4, -0.2) is 28.1 Å². The first-order chi connectivity index (χ1) is 11.5. The summed E-state index contributed by atoms with van der Waals surface area (Å²) >= 11 is 0. The highest BCUT2D eigenvalue weighted by molar-refractivity contribution is 5.92. The van der Waals surface area contributed by atoms with Crippen molar-refractivity contribution in [3.05, 3.63) is 48.5 Å². The van der Waals surface area contributed by atoms with Crippen molar-refractivity contribution in [3.8, 4) is 11.5 Å². The number of carbonyl (C=O) groups excluding carboxylic acids is 1. The molecule has 0 aliphatic carbocycles. The van der Waals surface area contributed by atoms with E-state index in [1.807, 2.05) is 30.3 Å². The second kappa shape index (κ2) is 6.41. The molecule has 0 fully saturated rings. The number of aromatic nitrogens is 1. The number of nitrogens with one attached hydrogen (secondary N) is 2. The fourth-order valence-electron chi connectivity index (χ4n) is 2.15. The number of oxazole rings is 1. The molecule has 7 heteroatoms. The zero-order valence-corrected chi connectivity index (χ0v) is 12.8. The van der Waals surface area contributed by atoms with Crippen LogP contribution in [0.1, 0.15) is 6.92 Å². The smallest absolute Gasteiger partial charge is 0.325 e. The first kappa shape index (κ1) is 15.5. The van der Waals surface area contributed by atoms with Gasteiger partial charge >= 0.3 is 12.0 Å². The Morgan fingerprint density at radius 3 is 2.71 bits per heavy atom. The van der Waals surface area contributed by atoms with Crippen LogP contribution in [0.4, 0.5) is 10.5 Å². The van der Waals surface area contributed by atoms with Crippen LogP contribution in [0.15, 0.2) is 52.9 Å². The first-order valence-electron chi connectivity index (χ1n) is 7.29. The Hall–Kier alpha value is -3.35. The van der Waals surface area contributed by atoms with Gasteiger partial charge in [0.15, 0.2) is 5.58 Å². The van der Waals surface area contributed by atoms with E-state index in [0.29, 0.717) is 22.7 Å². The van der Waals surface area contributed by atoms with Gasteiger partial charge in [0.25, 0.3) is 0 Å². The quantitative estimate of drug-likeness (QED) is 0.683. The topological polar surface area (TPSA) is 104 Å². The minimum Gasteiger partial charge on any atom is -0.480 e. The molecule has 7 nitrogen and oxygen atoms in total. The number of carboxylic acid groups (broad SMARTS) is 1. The van der Waals surface area contributed by atoms with E-state index >= 15 is 0 Å². The molecule has 2 aromatic carbocycles. The van der Waals surface area contributed by atoms with Gasteiger partial charge in [-0.1, -0.05) is 18.2 Å². The second-order valence-electron chi connectivity index (χ2n) is 5.23. The normalized spacial score (nSPS) is 11.9. The maximum absolute atomic E-state index is 11.8. The average molecular weight is 325 g/mol. The van der Waals surface area contributed by atoms with Crippen LogP contribution >= 0.6 is 0 Å². The Balaban J connectivity index is 1.79. The fraction of sp³-hybridized carbons (Fsp3) is 0.118. The van der Waals surface area contributed by atoms with E-state index in [-0.39, 0.29) is 0 Å². The summed E-state index contributed by atoms with van der Waals surface area (Å²) in [5.74, 6) is -0.662. The maximum atomic E-state index is 11.8. The molecule has 3 N–H and O–H groups in total. The Labute approximate surface area is 137 Å². The van der Waals surface area contributed by atoms with Crippen molar-refractivity contribution in [2.45, 2.75) is 13.0 Å². The van der Waals surface area contributed by atoms with Gasteiger partial charge in [-0.25, -0.2) is 9.78 Å². The van der Waals surface area contributed by atoms with E-state index in [1.54, 1.807) is 18.2 Å². The number of benzene rings is 2. The van der Waals surface area contributed by atoms with E-state index in [9.17, 15) is 9.59 Å². The summed E-state index contributed by atoms with van der Waals surface area (Å²) in [6, 6.07) is 12.8. The average Bonchev–Trinajstić information content (AvgIpc) is 2.99. The van der Waals surface area contributed by atoms with Gasteiger partial charge in [0.1, 0.15) is 11.6 Å². The summed E-state index contributed by atoms with van der Waals surface area (Å²) in [5.41, 5.74) is 2.64. The van der Waals surface area contributed by atoms with Crippen LogP contribution in [-0.2, 0) is 4.79 Å². The van der Waals surface area contributed by atoms with Crippen molar-refractivity contribution in [1.29, 1.82) is 0 Å². The number of urea groups is 1. The highest BCUT2D eigenvalue weighted by atomic mass is 16.4. The van der Waals surface area contributed by atoms with Gasteiger partial charge in [0.05, 0.1) is 0 Å². The molecule has 1 heterocycles. The van der Waals surface area contributed by atoms with Crippen molar-refractivity contribution in [3.63, 3.8) is 0 Å². The molecule has 0 radical (unpaired) electrons. The van der Waals surface area contributed by atoms with E-state index in [2.05, 4.69) is 15.6 Å². The molecule has 2 amide bonds. The van der Waals surface area contributed by atoms with E-state index < -0.39 is 18.0 Å². The van der Waals surface area contributed by atoms with Crippen LogP contribution in [0.5, 0.6) is 0 Å². The molecule has 0 bridgehead atoms. The number of hydrogen-bond acceptors (Lipinski definition) is 4. The largest absolute Gasteiger partial charge is 0.480 e. The highest BCUT2D eigenvalue weighted by Crippen LogP contribution is 2.25. The third-order valence-electron chi connectivity index (χ3n) is 3.38. The van der Waals surface area contributed by atoms with Gasteiger partial charge in [0, 0.05) is 11.3 Å². The molecule has 1 unspecified atom stereocenters. The predicted molar refractivity (Wildman–Crippen MR) is 88.7 cm³/mol. The number of hydrogen-bond donors (Lipinski definition) is 3. The third-order valence-corrected chi connectivity index (χ3v) is 3.38. The van der Waals surface area contributed by atoms with Gasteiger partial charge in [-0.2, -0.15) is 0 Å². The Bertz CT molecular complexity index is 870. The van der Waals surface area contributed by atoms with Gasteiger partial charge in [0.2, 0.25) is 5.89 Å². The molecule has 0 spiro atoms. The number of carbonyl (C=O) groups is 2. The maximum Gasteiger partial charge on any atom is 0.325 e. The molecular formula is C17H15N3O4. The summed E-state index contributed by atoms with van der Waals surface area (Å²) in [4.78, 5) is 26.9.